The van der Waals surface area contributed by atoms with Gasteiger partial charge in [-0.15, -0.1) is 0 Å². The van der Waals surface area contributed by atoms with Crippen LogP contribution in [0.1, 0.15) is 35.2 Å². The van der Waals surface area contributed by atoms with Crippen LogP contribution in [-0.2, 0) is 0 Å². The van der Waals surface area contributed by atoms with Crippen LogP contribution in [-0.4, -0.2) is 29.2 Å². The lowest BCUT2D eigenvalue weighted by Crippen LogP contribution is -2.33. The third kappa shape index (κ3) is 3.11. The summed E-state index contributed by atoms with van der Waals surface area (Å²) < 4.78 is 5.38. The summed E-state index contributed by atoms with van der Waals surface area (Å²) >= 11 is 3.37. The first kappa shape index (κ1) is 13.3. The molecule has 0 aliphatic rings. The van der Waals surface area contributed by atoms with Gasteiger partial charge in [-0.25, -0.2) is 0 Å². The molecule has 3 nitrogen and oxygen atoms in total. The summed E-state index contributed by atoms with van der Waals surface area (Å²) in [6.07, 6.45) is 0.967. The first-order valence-corrected chi connectivity index (χ1v) is 6.64. The van der Waals surface area contributed by atoms with E-state index in [0.717, 1.165) is 30.6 Å². The Bertz CT molecular complexity index is 354. The number of halogens is 1. The molecule has 0 saturated heterocycles. The smallest absolute Gasteiger partial charge is 0.257 e. The molecule has 4 heteroatoms. The van der Waals surface area contributed by atoms with Crippen molar-refractivity contribution >= 4 is 21.8 Å². The van der Waals surface area contributed by atoms with E-state index in [1.54, 1.807) is 0 Å². The van der Waals surface area contributed by atoms with Crippen molar-refractivity contribution in [3.05, 3.63) is 23.2 Å². The Kier molecular flexibility index (Phi) is 5.06. The average Bonchev–Trinajstić information content (AvgIpc) is 2.56. The zero-order valence-electron chi connectivity index (χ0n) is 10.0. The molecule has 0 aromatic carbocycles. The van der Waals surface area contributed by atoms with Gasteiger partial charge in [0, 0.05) is 18.4 Å². The van der Waals surface area contributed by atoms with Crippen molar-refractivity contribution in [3.63, 3.8) is 0 Å². The number of rotatable bonds is 5. The second kappa shape index (κ2) is 6.09. The van der Waals surface area contributed by atoms with Crippen molar-refractivity contribution in [2.75, 3.05) is 18.4 Å². The number of alkyl halides is 1. The molecule has 1 heterocycles. The number of furan rings is 1. The van der Waals surface area contributed by atoms with E-state index in [0.29, 0.717) is 11.3 Å². The zero-order chi connectivity index (χ0) is 12.1. The lowest BCUT2D eigenvalue weighted by Gasteiger charge is -2.20. The highest BCUT2D eigenvalue weighted by atomic mass is 79.9. The minimum absolute atomic E-state index is 0.0654. The standard InChI is InChI=1S/C12H18BrNO2/c1-4-6-14(7-5-13)12(15)11-8-9(2)16-10(11)3/h8H,4-7H2,1-3H3. The summed E-state index contributed by atoms with van der Waals surface area (Å²) in [7, 11) is 0. The molecule has 1 amide bonds. The van der Waals surface area contributed by atoms with Crippen molar-refractivity contribution < 1.29 is 9.21 Å². The molecule has 0 bridgehead atoms. The molecule has 0 radical (unpaired) electrons. The van der Waals surface area contributed by atoms with Crippen LogP contribution in [0.3, 0.4) is 0 Å². The van der Waals surface area contributed by atoms with Crippen molar-refractivity contribution in [3.8, 4) is 0 Å². The van der Waals surface area contributed by atoms with Gasteiger partial charge in [-0.2, -0.15) is 0 Å². The van der Waals surface area contributed by atoms with Gasteiger partial charge in [0.1, 0.15) is 11.5 Å². The van der Waals surface area contributed by atoms with Crippen LogP contribution in [0.15, 0.2) is 10.5 Å². The number of hydrogen-bond donors (Lipinski definition) is 0. The van der Waals surface area contributed by atoms with Crippen molar-refractivity contribution in [2.45, 2.75) is 27.2 Å². The SMILES string of the molecule is CCCN(CCBr)C(=O)c1cc(C)oc1C. The first-order chi connectivity index (χ1) is 7.60. The topological polar surface area (TPSA) is 33.5 Å². The van der Waals surface area contributed by atoms with Crippen molar-refractivity contribution in [1.82, 2.24) is 4.90 Å². The summed E-state index contributed by atoms with van der Waals surface area (Å²) in [6, 6.07) is 1.81. The second-order valence-corrected chi connectivity index (χ2v) is 4.60. The molecule has 1 rings (SSSR count). The number of hydrogen-bond acceptors (Lipinski definition) is 2. The van der Waals surface area contributed by atoms with Crippen LogP contribution in [0.2, 0.25) is 0 Å². The van der Waals surface area contributed by atoms with Gasteiger partial charge < -0.3 is 9.32 Å². The Morgan fingerprint density at radius 3 is 2.56 bits per heavy atom. The molecular formula is C12H18BrNO2. The molecule has 1 aromatic rings. The number of nitrogens with zero attached hydrogens (tertiary/aromatic N) is 1. The third-order valence-corrected chi connectivity index (χ3v) is 2.76. The Morgan fingerprint density at radius 2 is 2.12 bits per heavy atom. The summed E-state index contributed by atoms with van der Waals surface area (Å²) in [6.45, 7) is 7.28. The number of carbonyl (C=O) groups is 1. The van der Waals surface area contributed by atoms with E-state index in [4.69, 9.17) is 4.42 Å². The average molecular weight is 288 g/mol. The fraction of sp³-hybridized carbons (Fsp3) is 0.583. The maximum Gasteiger partial charge on any atom is 0.257 e. The van der Waals surface area contributed by atoms with Crippen molar-refractivity contribution in [2.24, 2.45) is 0 Å². The molecule has 0 aliphatic carbocycles. The van der Waals surface area contributed by atoms with E-state index in [2.05, 4.69) is 22.9 Å². The molecule has 0 atom stereocenters. The predicted molar refractivity (Wildman–Crippen MR) is 68.2 cm³/mol. The lowest BCUT2D eigenvalue weighted by atomic mass is 10.2. The highest BCUT2D eigenvalue weighted by molar-refractivity contribution is 9.09. The predicted octanol–water partition coefficient (Wildman–Crippen LogP) is 3.14. The Hall–Kier alpha value is -0.770. The first-order valence-electron chi connectivity index (χ1n) is 5.52. The summed E-state index contributed by atoms with van der Waals surface area (Å²) in [5.41, 5.74) is 0.687. The maximum atomic E-state index is 12.2. The van der Waals surface area contributed by atoms with Crippen molar-refractivity contribution in [1.29, 1.82) is 0 Å². The quantitative estimate of drug-likeness (QED) is 0.780. The zero-order valence-corrected chi connectivity index (χ0v) is 11.6. The molecule has 90 valence electrons. The molecule has 0 saturated carbocycles. The van der Waals surface area contributed by atoms with E-state index < -0.39 is 0 Å². The van der Waals surface area contributed by atoms with E-state index >= 15 is 0 Å². The third-order valence-electron chi connectivity index (χ3n) is 2.41. The van der Waals surface area contributed by atoms with Gasteiger partial charge >= 0.3 is 0 Å². The number of aryl methyl sites for hydroxylation is 2. The Balaban J connectivity index is 2.85. The Morgan fingerprint density at radius 1 is 1.44 bits per heavy atom. The monoisotopic (exact) mass is 287 g/mol. The van der Waals surface area contributed by atoms with Crippen LogP contribution in [0.5, 0.6) is 0 Å². The lowest BCUT2D eigenvalue weighted by molar-refractivity contribution is 0.0764. The number of carbonyl (C=O) groups excluding carboxylic acids is 1. The highest BCUT2D eigenvalue weighted by Crippen LogP contribution is 2.16. The summed E-state index contributed by atoms with van der Waals surface area (Å²) in [5, 5.41) is 0.800. The molecule has 0 unspecified atom stereocenters. The van der Waals surface area contributed by atoms with Gasteiger partial charge in [0.25, 0.3) is 5.91 Å². The normalized spacial score (nSPS) is 10.5. The largest absolute Gasteiger partial charge is 0.466 e. The van der Waals surface area contributed by atoms with Gasteiger partial charge in [-0.05, 0) is 26.3 Å². The molecular weight excluding hydrogens is 270 g/mol. The summed E-state index contributed by atoms with van der Waals surface area (Å²) in [4.78, 5) is 14.1. The minimum atomic E-state index is 0.0654. The second-order valence-electron chi connectivity index (χ2n) is 3.81. The molecule has 0 aliphatic heterocycles. The van der Waals surface area contributed by atoms with Crippen LogP contribution in [0.25, 0.3) is 0 Å². The van der Waals surface area contributed by atoms with Gasteiger partial charge in [-0.1, -0.05) is 22.9 Å². The van der Waals surface area contributed by atoms with Crippen LogP contribution in [0, 0.1) is 13.8 Å². The molecule has 0 N–H and O–H groups in total. The Labute approximate surface area is 105 Å². The fourth-order valence-corrected chi connectivity index (χ4v) is 2.13. The van der Waals surface area contributed by atoms with Gasteiger partial charge in [0.05, 0.1) is 5.56 Å². The van der Waals surface area contributed by atoms with Gasteiger partial charge in [0.15, 0.2) is 0 Å². The van der Waals surface area contributed by atoms with Gasteiger partial charge in [0.2, 0.25) is 0 Å². The van der Waals surface area contributed by atoms with Crippen LogP contribution < -0.4 is 0 Å². The molecule has 0 fully saturated rings. The van der Waals surface area contributed by atoms with E-state index in [1.165, 1.54) is 0 Å². The molecule has 0 spiro atoms. The van der Waals surface area contributed by atoms with E-state index in [9.17, 15) is 4.79 Å². The fourth-order valence-electron chi connectivity index (χ4n) is 1.70. The van der Waals surface area contributed by atoms with Crippen LogP contribution in [0.4, 0.5) is 0 Å². The highest BCUT2D eigenvalue weighted by Gasteiger charge is 2.19. The van der Waals surface area contributed by atoms with E-state index in [-0.39, 0.29) is 5.91 Å². The van der Waals surface area contributed by atoms with Crippen LogP contribution >= 0.6 is 15.9 Å². The molecule has 16 heavy (non-hydrogen) atoms. The number of amides is 1. The maximum absolute atomic E-state index is 12.2. The molecule has 1 aromatic heterocycles. The van der Waals surface area contributed by atoms with E-state index in [1.807, 2.05) is 24.8 Å². The van der Waals surface area contributed by atoms with Gasteiger partial charge in [-0.3, -0.25) is 4.79 Å². The minimum Gasteiger partial charge on any atom is -0.466 e. The summed E-state index contributed by atoms with van der Waals surface area (Å²) in [5.74, 6) is 1.56.